The van der Waals surface area contributed by atoms with Crippen molar-refractivity contribution < 1.29 is 24.2 Å². The summed E-state index contributed by atoms with van der Waals surface area (Å²) in [5, 5.41) is 13.1. The first-order valence-corrected chi connectivity index (χ1v) is 9.02. The van der Waals surface area contributed by atoms with Crippen LogP contribution in [0.2, 0.25) is 0 Å². The fraction of sp³-hybridized carbons (Fsp3) is 0.579. The summed E-state index contributed by atoms with van der Waals surface area (Å²) >= 11 is 0. The number of nitrogens with one attached hydrogen (secondary N) is 1. The molecule has 1 spiro atoms. The van der Waals surface area contributed by atoms with Gasteiger partial charge in [-0.2, -0.15) is 0 Å². The number of methoxy groups -OCH3 is 1. The third-order valence-electron chi connectivity index (χ3n) is 5.27. The third-order valence-corrected chi connectivity index (χ3v) is 5.27. The Hall–Kier alpha value is -2.28. The maximum atomic E-state index is 12.8. The van der Waals surface area contributed by atoms with Crippen molar-refractivity contribution in [3.63, 3.8) is 0 Å². The van der Waals surface area contributed by atoms with Gasteiger partial charge >= 0.3 is 6.03 Å². The van der Waals surface area contributed by atoms with Crippen molar-refractivity contribution in [1.82, 2.24) is 10.2 Å². The molecule has 7 heteroatoms. The van der Waals surface area contributed by atoms with E-state index in [1.165, 1.54) is 0 Å². The number of carbonyl (C=O) groups excluding carboxylic acids is 2. The largest absolute Gasteiger partial charge is 0.497 e. The van der Waals surface area contributed by atoms with Crippen LogP contribution in [0.4, 0.5) is 4.79 Å². The minimum Gasteiger partial charge on any atom is -0.497 e. The second-order valence-corrected chi connectivity index (χ2v) is 7.25. The maximum absolute atomic E-state index is 12.8. The van der Waals surface area contributed by atoms with Gasteiger partial charge in [0.1, 0.15) is 29.7 Å². The molecule has 2 N–H and O–H groups in total. The van der Waals surface area contributed by atoms with E-state index in [9.17, 15) is 14.7 Å². The summed E-state index contributed by atoms with van der Waals surface area (Å²) in [5.41, 5.74) is -0.778. The Morgan fingerprint density at radius 3 is 2.46 bits per heavy atom. The van der Waals surface area contributed by atoms with E-state index in [1.807, 2.05) is 0 Å². The molecule has 1 saturated carbocycles. The highest BCUT2D eigenvalue weighted by atomic mass is 16.5. The summed E-state index contributed by atoms with van der Waals surface area (Å²) in [6, 6.07) is 6.56. The van der Waals surface area contributed by atoms with E-state index in [2.05, 4.69) is 12.2 Å². The van der Waals surface area contributed by atoms with Crippen molar-refractivity contribution in [2.24, 2.45) is 5.92 Å². The predicted molar refractivity (Wildman–Crippen MR) is 95.1 cm³/mol. The smallest absolute Gasteiger partial charge is 0.325 e. The first kappa shape index (κ1) is 18.5. The second-order valence-electron chi connectivity index (χ2n) is 7.25. The molecule has 142 valence electrons. The van der Waals surface area contributed by atoms with Gasteiger partial charge in [-0.15, -0.1) is 0 Å². The number of aliphatic hydroxyl groups excluding tert-OH is 1. The third kappa shape index (κ3) is 3.77. The number of amides is 3. The van der Waals surface area contributed by atoms with Crippen LogP contribution in [0, 0.1) is 5.92 Å². The van der Waals surface area contributed by atoms with Crippen molar-refractivity contribution in [1.29, 1.82) is 0 Å². The van der Waals surface area contributed by atoms with Crippen LogP contribution in [0.5, 0.6) is 11.5 Å². The van der Waals surface area contributed by atoms with Crippen LogP contribution in [-0.2, 0) is 4.79 Å². The number of aliphatic hydroxyl groups is 1. The van der Waals surface area contributed by atoms with E-state index in [4.69, 9.17) is 9.47 Å². The molecule has 1 saturated heterocycles. The standard InChI is InChI=1S/C19H26N2O5/c1-13-7-9-19(10-8-13)17(23)21(18(24)20-19)11-14(22)12-26-16-5-3-15(25-2)4-6-16/h3-6,13-14,22H,7-12H2,1-2H3,(H,20,24). The monoisotopic (exact) mass is 362 g/mol. The Kier molecular flexibility index (Phi) is 5.36. The van der Waals surface area contributed by atoms with Gasteiger partial charge in [0.25, 0.3) is 5.91 Å². The number of hydrogen-bond acceptors (Lipinski definition) is 5. The SMILES string of the molecule is COc1ccc(OCC(O)CN2C(=O)NC3(CCC(C)CC3)C2=O)cc1. The molecule has 1 aromatic carbocycles. The molecule has 1 unspecified atom stereocenters. The average molecular weight is 362 g/mol. The van der Waals surface area contributed by atoms with E-state index in [0.29, 0.717) is 30.3 Å². The second kappa shape index (κ2) is 7.53. The molecule has 3 rings (SSSR count). The molecular formula is C19H26N2O5. The van der Waals surface area contributed by atoms with E-state index in [-0.39, 0.29) is 19.1 Å². The fourth-order valence-electron chi connectivity index (χ4n) is 3.56. The van der Waals surface area contributed by atoms with Crippen LogP contribution in [0.3, 0.4) is 0 Å². The number of benzene rings is 1. The van der Waals surface area contributed by atoms with Gasteiger partial charge in [0, 0.05) is 0 Å². The Morgan fingerprint density at radius 2 is 1.85 bits per heavy atom. The quantitative estimate of drug-likeness (QED) is 0.755. The normalized spacial score (nSPS) is 26.7. The number of rotatable bonds is 6. The van der Waals surface area contributed by atoms with Crippen LogP contribution in [0.25, 0.3) is 0 Å². The molecule has 1 aromatic rings. The Labute approximate surface area is 153 Å². The lowest BCUT2D eigenvalue weighted by atomic mass is 9.77. The van der Waals surface area contributed by atoms with Gasteiger partial charge in [-0.05, 0) is 55.9 Å². The van der Waals surface area contributed by atoms with Crippen LogP contribution >= 0.6 is 0 Å². The number of imide groups is 1. The van der Waals surface area contributed by atoms with Crippen molar-refractivity contribution >= 4 is 11.9 Å². The van der Waals surface area contributed by atoms with Crippen molar-refractivity contribution in [2.45, 2.75) is 44.2 Å². The van der Waals surface area contributed by atoms with Crippen LogP contribution in [-0.4, -0.2) is 53.8 Å². The number of ether oxygens (including phenoxy) is 2. The topological polar surface area (TPSA) is 88.1 Å². The lowest BCUT2D eigenvalue weighted by Gasteiger charge is -2.33. The average Bonchev–Trinajstić information content (AvgIpc) is 2.87. The van der Waals surface area contributed by atoms with Crippen molar-refractivity contribution in [3.8, 4) is 11.5 Å². The summed E-state index contributed by atoms with van der Waals surface area (Å²) in [4.78, 5) is 26.1. The summed E-state index contributed by atoms with van der Waals surface area (Å²) in [6.07, 6.45) is 2.21. The first-order valence-electron chi connectivity index (χ1n) is 9.02. The van der Waals surface area contributed by atoms with Gasteiger partial charge in [-0.3, -0.25) is 9.69 Å². The molecule has 0 bridgehead atoms. The van der Waals surface area contributed by atoms with Gasteiger partial charge in [0.15, 0.2) is 0 Å². The number of β-amino-alcohol motifs (C(OH)–C–C–N with tert-alkyl or cyclic N) is 1. The Balaban J connectivity index is 1.54. The lowest BCUT2D eigenvalue weighted by molar-refractivity contribution is -0.133. The number of carbonyl (C=O) groups is 2. The zero-order valence-corrected chi connectivity index (χ0v) is 15.2. The van der Waals surface area contributed by atoms with E-state index in [0.717, 1.165) is 17.7 Å². The highest BCUT2D eigenvalue weighted by Crippen LogP contribution is 2.36. The highest BCUT2D eigenvalue weighted by Gasteiger charge is 2.52. The summed E-state index contributed by atoms with van der Waals surface area (Å²) in [6.45, 7) is 2.08. The maximum Gasteiger partial charge on any atom is 0.325 e. The molecule has 26 heavy (non-hydrogen) atoms. The van der Waals surface area contributed by atoms with Gasteiger partial charge in [-0.25, -0.2) is 4.79 Å². The molecule has 3 amide bonds. The van der Waals surface area contributed by atoms with Gasteiger partial charge in [0.2, 0.25) is 0 Å². The van der Waals surface area contributed by atoms with E-state index >= 15 is 0 Å². The van der Waals surface area contributed by atoms with Gasteiger partial charge in [0.05, 0.1) is 13.7 Å². The highest BCUT2D eigenvalue weighted by molar-refractivity contribution is 6.07. The summed E-state index contributed by atoms with van der Waals surface area (Å²) in [5.74, 6) is 1.64. The molecule has 0 aromatic heterocycles. The van der Waals surface area contributed by atoms with Crippen molar-refractivity contribution in [3.05, 3.63) is 24.3 Å². The zero-order chi connectivity index (χ0) is 18.7. The van der Waals surface area contributed by atoms with Gasteiger partial charge < -0.3 is 19.9 Å². The molecule has 7 nitrogen and oxygen atoms in total. The number of nitrogens with zero attached hydrogens (tertiary/aromatic N) is 1. The molecule has 1 aliphatic carbocycles. The lowest BCUT2D eigenvalue weighted by Crippen LogP contribution is -2.49. The summed E-state index contributed by atoms with van der Waals surface area (Å²) < 4.78 is 10.6. The molecule has 1 atom stereocenters. The van der Waals surface area contributed by atoms with Gasteiger partial charge in [-0.1, -0.05) is 6.92 Å². The molecule has 2 fully saturated rings. The Bertz CT molecular complexity index is 652. The zero-order valence-electron chi connectivity index (χ0n) is 15.2. The molecule has 0 radical (unpaired) electrons. The summed E-state index contributed by atoms with van der Waals surface area (Å²) in [7, 11) is 1.58. The Morgan fingerprint density at radius 1 is 1.23 bits per heavy atom. The van der Waals surface area contributed by atoms with E-state index < -0.39 is 17.7 Å². The number of hydrogen-bond donors (Lipinski definition) is 2. The molecule has 1 aliphatic heterocycles. The number of urea groups is 1. The molecule has 2 aliphatic rings. The first-order chi connectivity index (χ1) is 12.4. The van der Waals surface area contributed by atoms with E-state index in [1.54, 1.807) is 31.4 Å². The van der Waals surface area contributed by atoms with Crippen LogP contribution < -0.4 is 14.8 Å². The van der Waals surface area contributed by atoms with Crippen LogP contribution in [0.1, 0.15) is 32.6 Å². The minimum absolute atomic E-state index is 0.00652. The van der Waals surface area contributed by atoms with Crippen LogP contribution in [0.15, 0.2) is 24.3 Å². The molecular weight excluding hydrogens is 336 g/mol. The molecule has 1 heterocycles. The fourth-order valence-corrected chi connectivity index (χ4v) is 3.56. The van der Waals surface area contributed by atoms with Crippen molar-refractivity contribution in [2.75, 3.05) is 20.3 Å². The minimum atomic E-state index is -0.954. The predicted octanol–water partition coefficient (Wildman–Crippen LogP) is 1.94.